The Balaban J connectivity index is 2.04. The average molecular weight is 231 g/mol. The molecule has 92 valence electrons. The zero-order chi connectivity index (χ0) is 12.3. The van der Waals surface area contributed by atoms with Gasteiger partial charge in [0.1, 0.15) is 0 Å². The molecule has 0 aliphatic heterocycles. The van der Waals surface area contributed by atoms with Gasteiger partial charge in [-0.25, -0.2) is 0 Å². The summed E-state index contributed by atoms with van der Waals surface area (Å²) < 4.78 is 0. The molecule has 1 aliphatic rings. The number of carbonyl (C=O) groups excluding carboxylic acids is 1. The third-order valence-corrected chi connectivity index (χ3v) is 3.82. The molecule has 0 saturated heterocycles. The smallest absolute Gasteiger partial charge is 0.251 e. The van der Waals surface area contributed by atoms with Gasteiger partial charge in [0.05, 0.1) is 0 Å². The molecule has 0 spiro atoms. The highest BCUT2D eigenvalue weighted by Crippen LogP contribution is 2.24. The average Bonchev–Trinajstić information content (AvgIpc) is 2.32. The summed E-state index contributed by atoms with van der Waals surface area (Å²) in [5.41, 5.74) is 1.86. The molecule has 1 N–H and O–H groups in total. The van der Waals surface area contributed by atoms with Crippen LogP contribution in [0.1, 0.15) is 48.5 Å². The summed E-state index contributed by atoms with van der Waals surface area (Å²) in [7, 11) is 0. The van der Waals surface area contributed by atoms with Crippen molar-refractivity contribution in [1.82, 2.24) is 5.32 Å². The first-order valence-electron chi connectivity index (χ1n) is 6.55. The molecule has 0 radical (unpaired) electrons. The van der Waals surface area contributed by atoms with Crippen LogP contribution in [0.2, 0.25) is 0 Å². The summed E-state index contributed by atoms with van der Waals surface area (Å²) in [5, 5.41) is 3.19. The second-order valence-electron chi connectivity index (χ2n) is 5.16. The monoisotopic (exact) mass is 231 g/mol. The van der Waals surface area contributed by atoms with Crippen molar-refractivity contribution in [1.29, 1.82) is 0 Å². The number of carbonyl (C=O) groups is 1. The Morgan fingerprint density at radius 2 is 1.94 bits per heavy atom. The van der Waals surface area contributed by atoms with Gasteiger partial charge in [0, 0.05) is 11.6 Å². The van der Waals surface area contributed by atoms with Gasteiger partial charge in [-0.15, -0.1) is 0 Å². The third kappa shape index (κ3) is 2.87. The number of hydrogen-bond acceptors (Lipinski definition) is 1. The first-order chi connectivity index (χ1) is 8.18. The summed E-state index contributed by atoms with van der Waals surface area (Å²) in [4.78, 5) is 12.2. The summed E-state index contributed by atoms with van der Waals surface area (Å²) >= 11 is 0. The van der Waals surface area contributed by atoms with Crippen LogP contribution in [0.5, 0.6) is 0 Å². The van der Waals surface area contributed by atoms with Gasteiger partial charge >= 0.3 is 0 Å². The Morgan fingerprint density at radius 1 is 1.24 bits per heavy atom. The Hall–Kier alpha value is -1.31. The summed E-state index contributed by atoms with van der Waals surface area (Å²) in [6.45, 7) is 4.22. The lowest BCUT2D eigenvalue weighted by Crippen LogP contribution is -2.41. The van der Waals surface area contributed by atoms with Crippen LogP contribution in [0.4, 0.5) is 0 Å². The van der Waals surface area contributed by atoms with Gasteiger partial charge in [-0.2, -0.15) is 0 Å². The molecule has 2 rings (SSSR count). The van der Waals surface area contributed by atoms with Crippen LogP contribution in [-0.2, 0) is 0 Å². The van der Waals surface area contributed by atoms with E-state index in [0.29, 0.717) is 12.0 Å². The van der Waals surface area contributed by atoms with Crippen molar-refractivity contribution in [3.63, 3.8) is 0 Å². The van der Waals surface area contributed by atoms with Crippen molar-refractivity contribution in [2.75, 3.05) is 0 Å². The first-order valence-corrected chi connectivity index (χ1v) is 6.55. The van der Waals surface area contributed by atoms with Gasteiger partial charge < -0.3 is 5.32 Å². The molecule has 0 unspecified atom stereocenters. The van der Waals surface area contributed by atoms with Crippen LogP contribution in [-0.4, -0.2) is 11.9 Å². The second-order valence-corrected chi connectivity index (χ2v) is 5.16. The van der Waals surface area contributed by atoms with Crippen LogP contribution in [0.15, 0.2) is 24.3 Å². The largest absolute Gasteiger partial charge is 0.349 e. The maximum absolute atomic E-state index is 12.2. The minimum Gasteiger partial charge on any atom is -0.349 e. The topological polar surface area (TPSA) is 29.1 Å². The molecular weight excluding hydrogens is 210 g/mol. The lowest BCUT2D eigenvalue weighted by molar-refractivity contribution is 0.0909. The van der Waals surface area contributed by atoms with Crippen LogP contribution in [0.3, 0.4) is 0 Å². The zero-order valence-corrected chi connectivity index (χ0v) is 10.7. The first kappa shape index (κ1) is 12.2. The number of nitrogens with one attached hydrogen (secondary N) is 1. The number of hydrogen-bond donors (Lipinski definition) is 1. The van der Waals surface area contributed by atoms with Crippen molar-refractivity contribution in [2.24, 2.45) is 5.92 Å². The standard InChI is InChI=1S/C15H21NO/c1-11-7-3-5-9-13(11)15(17)16-14-10-6-4-8-12(14)2/h3,5,7,9,12,14H,4,6,8,10H2,1-2H3,(H,16,17)/t12-,14+/m1/s1. The number of rotatable bonds is 2. The molecule has 2 nitrogen and oxygen atoms in total. The van der Waals surface area contributed by atoms with Gasteiger partial charge in [-0.05, 0) is 37.3 Å². The van der Waals surface area contributed by atoms with Crippen molar-refractivity contribution >= 4 is 5.91 Å². The molecular formula is C15H21NO. The lowest BCUT2D eigenvalue weighted by atomic mass is 9.86. The van der Waals surface area contributed by atoms with E-state index >= 15 is 0 Å². The Kier molecular flexibility index (Phi) is 3.82. The van der Waals surface area contributed by atoms with Gasteiger partial charge in [-0.3, -0.25) is 4.79 Å². The summed E-state index contributed by atoms with van der Waals surface area (Å²) in [6.07, 6.45) is 4.90. The second kappa shape index (κ2) is 5.35. The molecule has 1 aromatic rings. The van der Waals surface area contributed by atoms with E-state index in [1.54, 1.807) is 0 Å². The van der Waals surface area contributed by atoms with E-state index in [0.717, 1.165) is 17.5 Å². The normalized spacial score (nSPS) is 24.4. The SMILES string of the molecule is Cc1ccccc1C(=O)N[C@H]1CCCC[C@H]1C. The molecule has 2 heteroatoms. The molecule has 2 atom stereocenters. The highest BCUT2D eigenvalue weighted by atomic mass is 16.1. The molecule has 1 amide bonds. The van der Waals surface area contributed by atoms with Gasteiger partial charge in [0.2, 0.25) is 0 Å². The Labute approximate surface area is 103 Å². The van der Waals surface area contributed by atoms with Crippen LogP contribution >= 0.6 is 0 Å². The van der Waals surface area contributed by atoms with Crippen molar-refractivity contribution in [2.45, 2.75) is 45.6 Å². The predicted molar refractivity (Wildman–Crippen MR) is 70.1 cm³/mol. The number of amides is 1. The summed E-state index contributed by atoms with van der Waals surface area (Å²) in [6, 6.07) is 8.13. The minimum atomic E-state index is 0.0850. The Bertz CT molecular complexity index is 400. The van der Waals surface area contributed by atoms with Crippen molar-refractivity contribution in [3.8, 4) is 0 Å². The molecule has 1 fully saturated rings. The molecule has 1 saturated carbocycles. The number of benzene rings is 1. The van der Waals surface area contributed by atoms with Crippen LogP contribution < -0.4 is 5.32 Å². The van der Waals surface area contributed by atoms with Gasteiger partial charge in [0.25, 0.3) is 5.91 Å². The molecule has 0 aromatic heterocycles. The Morgan fingerprint density at radius 3 is 2.65 bits per heavy atom. The van der Waals surface area contributed by atoms with Crippen LogP contribution in [0, 0.1) is 12.8 Å². The predicted octanol–water partition coefficient (Wildman–Crippen LogP) is 3.30. The third-order valence-electron chi connectivity index (χ3n) is 3.82. The van der Waals surface area contributed by atoms with E-state index in [1.807, 2.05) is 31.2 Å². The van der Waals surface area contributed by atoms with E-state index in [4.69, 9.17) is 0 Å². The fourth-order valence-electron chi connectivity index (χ4n) is 2.60. The highest BCUT2D eigenvalue weighted by Gasteiger charge is 2.23. The van der Waals surface area contributed by atoms with Gasteiger partial charge in [-0.1, -0.05) is 38.0 Å². The molecule has 0 heterocycles. The van der Waals surface area contributed by atoms with E-state index in [1.165, 1.54) is 19.3 Å². The maximum atomic E-state index is 12.2. The fourth-order valence-corrected chi connectivity index (χ4v) is 2.60. The molecule has 0 bridgehead atoms. The van der Waals surface area contributed by atoms with E-state index in [9.17, 15) is 4.79 Å². The minimum absolute atomic E-state index is 0.0850. The molecule has 17 heavy (non-hydrogen) atoms. The number of aryl methyl sites for hydroxylation is 1. The highest BCUT2D eigenvalue weighted by molar-refractivity contribution is 5.95. The van der Waals surface area contributed by atoms with E-state index in [2.05, 4.69) is 12.2 Å². The van der Waals surface area contributed by atoms with Gasteiger partial charge in [0.15, 0.2) is 0 Å². The van der Waals surface area contributed by atoms with Crippen LogP contribution in [0.25, 0.3) is 0 Å². The quantitative estimate of drug-likeness (QED) is 0.831. The maximum Gasteiger partial charge on any atom is 0.251 e. The fraction of sp³-hybridized carbons (Fsp3) is 0.533. The summed E-state index contributed by atoms with van der Waals surface area (Å²) in [5.74, 6) is 0.693. The molecule has 1 aliphatic carbocycles. The van der Waals surface area contributed by atoms with Crippen molar-refractivity contribution in [3.05, 3.63) is 35.4 Å². The van der Waals surface area contributed by atoms with E-state index in [-0.39, 0.29) is 5.91 Å². The zero-order valence-electron chi connectivity index (χ0n) is 10.7. The molecule has 1 aromatic carbocycles. The van der Waals surface area contributed by atoms with Crippen molar-refractivity contribution < 1.29 is 4.79 Å². The van der Waals surface area contributed by atoms with E-state index < -0.39 is 0 Å². The lowest BCUT2D eigenvalue weighted by Gasteiger charge is -2.29.